The Morgan fingerprint density at radius 3 is 3.00 bits per heavy atom. The summed E-state index contributed by atoms with van der Waals surface area (Å²) in [6, 6.07) is 1.65. The number of carbonyl (C=O) groups is 1. The van der Waals surface area contributed by atoms with Crippen molar-refractivity contribution in [3.05, 3.63) is 23.5 Å². The number of hydrogen-bond acceptors (Lipinski definition) is 3. The van der Waals surface area contributed by atoms with Crippen molar-refractivity contribution >= 4 is 23.2 Å². The summed E-state index contributed by atoms with van der Waals surface area (Å²) in [5, 5.41) is 6.29. The van der Waals surface area contributed by atoms with Crippen LogP contribution in [0.2, 0.25) is 5.02 Å². The van der Waals surface area contributed by atoms with E-state index in [1.807, 2.05) is 0 Å². The average Bonchev–Trinajstić information content (AvgIpc) is 2.05. The normalized spacial score (nSPS) is 16.1. The third kappa shape index (κ3) is 1.86. The van der Waals surface area contributed by atoms with Crippen LogP contribution in [0.3, 0.4) is 0 Å². The lowest BCUT2D eigenvalue weighted by atomic mass is 10.0. The van der Waals surface area contributed by atoms with E-state index in [2.05, 4.69) is 15.6 Å². The molecule has 0 spiro atoms. The van der Waals surface area contributed by atoms with E-state index in [1.54, 1.807) is 18.5 Å². The van der Waals surface area contributed by atoms with Crippen molar-refractivity contribution in [3.63, 3.8) is 0 Å². The van der Waals surface area contributed by atoms with Crippen LogP contribution < -0.4 is 10.6 Å². The maximum atomic E-state index is 11.5. The van der Waals surface area contributed by atoms with Crippen LogP contribution in [0.5, 0.6) is 0 Å². The molecule has 14 heavy (non-hydrogen) atoms. The van der Waals surface area contributed by atoms with E-state index in [-0.39, 0.29) is 11.8 Å². The van der Waals surface area contributed by atoms with Crippen LogP contribution in [0.4, 0.5) is 5.69 Å². The summed E-state index contributed by atoms with van der Waals surface area (Å²) in [6.45, 7) is 1.48. The largest absolute Gasteiger partial charge is 0.323 e. The Labute approximate surface area is 86.7 Å². The van der Waals surface area contributed by atoms with E-state index in [4.69, 9.17) is 11.6 Å². The van der Waals surface area contributed by atoms with Crippen LogP contribution in [0, 0.1) is 5.92 Å². The number of carbonyl (C=O) groups excluding carboxylic acids is 1. The van der Waals surface area contributed by atoms with Gasteiger partial charge in [-0.15, -0.1) is 0 Å². The highest BCUT2D eigenvalue weighted by Gasteiger charge is 2.25. The molecule has 0 saturated carbocycles. The summed E-state index contributed by atoms with van der Waals surface area (Å²) >= 11 is 5.86. The molecular formula is C9H10ClN3O. The highest BCUT2D eigenvalue weighted by molar-refractivity contribution is 6.33. The second-order valence-corrected chi connectivity index (χ2v) is 3.61. The van der Waals surface area contributed by atoms with Crippen LogP contribution in [0.1, 0.15) is 0 Å². The molecule has 2 heterocycles. The maximum absolute atomic E-state index is 11.5. The minimum atomic E-state index is -0.00125. The van der Waals surface area contributed by atoms with E-state index in [1.165, 1.54) is 0 Å². The third-order valence-corrected chi connectivity index (χ3v) is 2.51. The Balaban J connectivity index is 2.03. The zero-order valence-electron chi connectivity index (χ0n) is 7.46. The molecule has 0 aliphatic carbocycles. The van der Waals surface area contributed by atoms with Crippen molar-refractivity contribution in [2.45, 2.75) is 0 Å². The van der Waals surface area contributed by atoms with Gasteiger partial charge in [0, 0.05) is 19.3 Å². The Kier molecular flexibility index (Phi) is 2.65. The van der Waals surface area contributed by atoms with Gasteiger partial charge in [0.15, 0.2) is 0 Å². The topological polar surface area (TPSA) is 54.0 Å². The standard InChI is InChI=1S/C9H10ClN3O/c10-7-1-2-11-5-8(7)13-9(14)6-3-12-4-6/h1-2,5-6,12H,3-4H2,(H,13,14). The van der Waals surface area contributed by atoms with Crippen molar-refractivity contribution in [3.8, 4) is 0 Å². The van der Waals surface area contributed by atoms with Crippen LogP contribution >= 0.6 is 11.6 Å². The number of hydrogen-bond donors (Lipinski definition) is 2. The van der Waals surface area contributed by atoms with Crippen LogP contribution in [0.15, 0.2) is 18.5 Å². The van der Waals surface area contributed by atoms with E-state index >= 15 is 0 Å². The number of amides is 1. The predicted octanol–water partition coefficient (Wildman–Crippen LogP) is 0.893. The Morgan fingerprint density at radius 2 is 2.43 bits per heavy atom. The molecule has 5 heteroatoms. The van der Waals surface area contributed by atoms with Gasteiger partial charge < -0.3 is 10.6 Å². The van der Waals surface area contributed by atoms with Gasteiger partial charge in [-0.1, -0.05) is 11.6 Å². The molecular weight excluding hydrogens is 202 g/mol. The fourth-order valence-electron chi connectivity index (χ4n) is 1.18. The first-order valence-electron chi connectivity index (χ1n) is 4.38. The second-order valence-electron chi connectivity index (χ2n) is 3.20. The molecule has 1 aliphatic heterocycles. The zero-order valence-corrected chi connectivity index (χ0v) is 8.21. The first-order chi connectivity index (χ1) is 6.77. The number of nitrogens with one attached hydrogen (secondary N) is 2. The van der Waals surface area contributed by atoms with Crippen molar-refractivity contribution in [1.82, 2.24) is 10.3 Å². The lowest BCUT2D eigenvalue weighted by molar-refractivity contribution is -0.121. The summed E-state index contributed by atoms with van der Waals surface area (Å²) in [4.78, 5) is 15.4. The van der Waals surface area contributed by atoms with Gasteiger partial charge in [0.2, 0.25) is 5.91 Å². The summed E-state index contributed by atoms with van der Waals surface area (Å²) in [5.41, 5.74) is 0.575. The Morgan fingerprint density at radius 1 is 1.64 bits per heavy atom. The smallest absolute Gasteiger partial charge is 0.230 e. The molecule has 2 N–H and O–H groups in total. The summed E-state index contributed by atoms with van der Waals surface area (Å²) in [5.74, 6) is 0.0601. The molecule has 1 saturated heterocycles. The van der Waals surface area contributed by atoms with Gasteiger partial charge in [-0.3, -0.25) is 9.78 Å². The Hall–Kier alpha value is -1.13. The average molecular weight is 212 g/mol. The van der Waals surface area contributed by atoms with Crippen LogP contribution in [0.25, 0.3) is 0 Å². The maximum Gasteiger partial charge on any atom is 0.230 e. The lowest BCUT2D eigenvalue weighted by Crippen LogP contribution is -2.48. The molecule has 0 bridgehead atoms. The van der Waals surface area contributed by atoms with Crippen LogP contribution in [-0.2, 0) is 4.79 Å². The monoisotopic (exact) mass is 211 g/mol. The molecule has 0 unspecified atom stereocenters. The van der Waals surface area contributed by atoms with Gasteiger partial charge in [-0.25, -0.2) is 0 Å². The molecule has 1 fully saturated rings. The van der Waals surface area contributed by atoms with E-state index in [9.17, 15) is 4.79 Å². The van der Waals surface area contributed by atoms with Crippen molar-refractivity contribution < 1.29 is 4.79 Å². The Bertz CT molecular complexity index is 352. The van der Waals surface area contributed by atoms with Gasteiger partial charge in [-0.2, -0.15) is 0 Å². The van der Waals surface area contributed by atoms with Gasteiger partial charge in [0.25, 0.3) is 0 Å². The van der Waals surface area contributed by atoms with Gasteiger partial charge in [0.1, 0.15) is 0 Å². The highest BCUT2D eigenvalue weighted by Crippen LogP contribution is 2.20. The number of anilines is 1. The third-order valence-electron chi connectivity index (χ3n) is 2.18. The number of pyridine rings is 1. The SMILES string of the molecule is O=C(Nc1cnccc1Cl)C1CNC1. The van der Waals surface area contributed by atoms with Gasteiger partial charge >= 0.3 is 0 Å². The van der Waals surface area contributed by atoms with E-state index in [0.717, 1.165) is 13.1 Å². The first kappa shape index (κ1) is 9.43. The number of nitrogens with zero attached hydrogens (tertiary/aromatic N) is 1. The molecule has 1 aliphatic rings. The molecule has 74 valence electrons. The second kappa shape index (κ2) is 3.94. The fourth-order valence-corrected chi connectivity index (χ4v) is 1.33. The highest BCUT2D eigenvalue weighted by atomic mass is 35.5. The molecule has 0 atom stereocenters. The minimum Gasteiger partial charge on any atom is -0.323 e. The molecule has 2 rings (SSSR count). The summed E-state index contributed by atoms with van der Waals surface area (Å²) < 4.78 is 0. The molecule has 1 amide bonds. The first-order valence-corrected chi connectivity index (χ1v) is 4.76. The summed E-state index contributed by atoms with van der Waals surface area (Å²) in [6.07, 6.45) is 3.13. The van der Waals surface area contributed by atoms with Crippen molar-refractivity contribution in [2.24, 2.45) is 5.92 Å². The van der Waals surface area contributed by atoms with Crippen molar-refractivity contribution in [2.75, 3.05) is 18.4 Å². The molecule has 4 nitrogen and oxygen atoms in total. The van der Waals surface area contributed by atoms with E-state index in [0.29, 0.717) is 10.7 Å². The van der Waals surface area contributed by atoms with Gasteiger partial charge in [0.05, 0.1) is 22.8 Å². The van der Waals surface area contributed by atoms with Crippen LogP contribution in [-0.4, -0.2) is 24.0 Å². The molecule has 0 radical (unpaired) electrons. The zero-order chi connectivity index (χ0) is 9.97. The molecule has 0 aromatic carbocycles. The lowest BCUT2D eigenvalue weighted by Gasteiger charge is -2.25. The van der Waals surface area contributed by atoms with Crippen molar-refractivity contribution in [1.29, 1.82) is 0 Å². The van der Waals surface area contributed by atoms with E-state index < -0.39 is 0 Å². The van der Waals surface area contributed by atoms with Gasteiger partial charge in [-0.05, 0) is 6.07 Å². The molecule has 1 aromatic heterocycles. The quantitative estimate of drug-likeness (QED) is 0.764. The number of rotatable bonds is 2. The molecule has 1 aromatic rings. The number of halogens is 1. The predicted molar refractivity (Wildman–Crippen MR) is 54.2 cm³/mol. The number of aromatic nitrogens is 1. The summed E-state index contributed by atoms with van der Waals surface area (Å²) in [7, 11) is 0. The minimum absolute atomic E-state index is 0.00125. The fraction of sp³-hybridized carbons (Fsp3) is 0.333.